The van der Waals surface area contributed by atoms with Crippen molar-refractivity contribution in [3.8, 4) is 0 Å². The van der Waals surface area contributed by atoms with Crippen LogP contribution in [0.3, 0.4) is 0 Å². The molecule has 0 fully saturated rings. The van der Waals surface area contributed by atoms with E-state index in [1.807, 2.05) is 0 Å². The number of aryl methyl sites for hydroxylation is 3. The van der Waals surface area contributed by atoms with Crippen LogP contribution in [-0.2, 0) is 21.7 Å². The number of halogens is 3. The fourth-order valence-electron chi connectivity index (χ4n) is 5.12. The molecule has 182 valence electrons. The SMILES string of the molecule is CCC(C)C1=C([Si](c2cccc(C)c2)(c2cccc(C)c2)c2cccc(C)c2)CC=[C-]1.[Cl-].[Cl-].[Cl-].[Ti+4]. The topological polar surface area (TPSA) is 0 Å². The molecule has 0 nitrogen and oxygen atoms in total. The molecule has 1 aliphatic rings. The molecule has 0 saturated heterocycles. The average molecular weight is 576 g/mol. The first-order chi connectivity index (χ1) is 15.0. The zero-order valence-corrected chi connectivity index (χ0v) is 26.0. The maximum atomic E-state index is 3.71. The van der Waals surface area contributed by atoms with Crippen molar-refractivity contribution in [2.45, 2.75) is 47.5 Å². The van der Waals surface area contributed by atoms with Crippen molar-refractivity contribution >= 4 is 23.6 Å². The summed E-state index contributed by atoms with van der Waals surface area (Å²) in [6, 6.07) is 27.9. The summed E-state index contributed by atoms with van der Waals surface area (Å²) in [4.78, 5) is 0. The van der Waals surface area contributed by atoms with Crippen molar-refractivity contribution in [2.24, 2.45) is 5.92 Å². The van der Waals surface area contributed by atoms with Crippen LogP contribution >= 0.6 is 0 Å². The number of hydrogen-bond donors (Lipinski definition) is 0. The Morgan fingerprint density at radius 2 is 1.14 bits per heavy atom. The van der Waals surface area contributed by atoms with Gasteiger partial charge >= 0.3 is 21.7 Å². The molecule has 0 heterocycles. The van der Waals surface area contributed by atoms with Gasteiger partial charge in [0.05, 0.1) is 8.07 Å². The molecule has 1 aliphatic carbocycles. The third kappa shape index (κ3) is 6.64. The zero-order valence-electron chi connectivity index (χ0n) is 21.1. The smallest absolute Gasteiger partial charge is 1.00 e. The Hall–Kier alpha value is -1.06. The van der Waals surface area contributed by atoms with Gasteiger partial charge in [0.15, 0.2) is 0 Å². The van der Waals surface area contributed by atoms with Crippen LogP contribution in [0.15, 0.2) is 89.6 Å². The van der Waals surface area contributed by atoms with Crippen LogP contribution in [0.25, 0.3) is 0 Å². The minimum Gasteiger partial charge on any atom is -1.00 e. The van der Waals surface area contributed by atoms with Crippen LogP contribution in [0.5, 0.6) is 0 Å². The summed E-state index contributed by atoms with van der Waals surface area (Å²) >= 11 is 0. The first kappa shape index (κ1) is 33.9. The number of allylic oxidation sites excluding steroid dienone is 4. The first-order valence-corrected chi connectivity index (χ1v) is 13.5. The van der Waals surface area contributed by atoms with E-state index < -0.39 is 8.07 Å². The molecule has 0 N–H and O–H groups in total. The fraction of sp³-hybridized carbons (Fsp3) is 0.267. The molecule has 1 atom stereocenters. The van der Waals surface area contributed by atoms with Gasteiger partial charge in [-0.05, 0) is 20.8 Å². The van der Waals surface area contributed by atoms with E-state index in [1.165, 1.54) is 37.8 Å². The molecule has 0 saturated carbocycles. The van der Waals surface area contributed by atoms with E-state index >= 15 is 0 Å². The predicted molar refractivity (Wildman–Crippen MR) is 137 cm³/mol. The van der Waals surface area contributed by atoms with E-state index in [4.69, 9.17) is 0 Å². The molecule has 4 rings (SSSR count). The fourth-order valence-corrected chi connectivity index (χ4v) is 10.7. The second-order valence-electron chi connectivity index (χ2n) is 9.11. The molecule has 3 aromatic carbocycles. The van der Waals surface area contributed by atoms with Crippen molar-refractivity contribution in [2.75, 3.05) is 0 Å². The molecule has 3 aromatic rings. The summed E-state index contributed by atoms with van der Waals surface area (Å²) in [6.07, 6.45) is 8.12. The van der Waals surface area contributed by atoms with Gasteiger partial charge in [-0.25, -0.2) is 10.8 Å². The van der Waals surface area contributed by atoms with Gasteiger partial charge in [-0.3, -0.25) is 6.08 Å². The van der Waals surface area contributed by atoms with E-state index in [0.717, 1.165) is 12.8 Å². The second kappa shape index (κ2) is 14.6. The van der Waals surface area contributed by atoms with Gasteiger partial charge in [0.25, 0.3) is 0 Å². The largest absolute Gasteiger partial charge is 4.00 e. The van der Waals surface area contributed by atoms with Crippen LogP contribution in [0.2, 0.25) is 0 Å². The molecule has 0 aliphatic heterocycles. The van der Waals surface area contributed by atoms with E-state index in [-0.39, 0.29) is 58.9 Å². The summed E-state index contributed by atoms with van der Waals surface area (Å²) < 4.78 is 0. The van der Waals surface area contributed by atoms with Crippen LogP contribution in [-0.4, -0.2) is 8.07 Å². The van der Waals surface area contributed by atoms with Crippen molar-refractivity contribution in [1.29, 1.82) is 0 Å². The van der Waals surface area contributed by atoms with Crippen molar-refractivity contribution in [1.82, 2.24) is 0 Å². The normalized spacial score (nSPS) is 13.2. The monoisotopic (exact) mass is 574 g/mol. The Labute approximate surface area is 246 Å². The Balaban J connectivity index is 0.00000289. The van der Waals surface area contributed by atoms with E-state index in [9.17, 15) is 0 Å². The minimum absolute atomic E-state index is 0. The number of rotatable bonds is 6. The molecular formula is C30H33Cl3SiTi. The van der Waals surface area contributed by atoms with Crippen molar-refractivity contribution < 1.29 is 58.9 Å². The quantitative estimate of drug-likeness (QED) is 0.165. The number of hydrogen-bond acceptors (Lipinski definition) is 0. The molecule has 1 unspecified atom stereocenters. The third-order valence-electron chi connectivity index (χ3n) is 6.80. The molecule has 5 heteroatoms. The summed E-state index contributed by atoms with van der Waals surface area (Å²) in [5, 5.41) is 6.06. The molecule has 0 aromatic heterocycles. The van der Waals surface area contributed by atoms with E-state index in [2.05, 4.69) is 120 Å². The summed E-state index contributed by atoms with van der Waals surface area (Å²) in [5.74, 6) is 0.514. The van der Waals surface area contributed by atoms with Gasteiger partial charge in [-0.2, -0.15) is 6.08 Å². The van der Waals surface area contributed by atoms with E-state index in [0.29, 0.717) is 5.92 Å². The van der Waals surface area contributed by atoms with Crippen LogP contribution < -0.4 is 52.8 Å². The number of benzene rings is 3. The van der Waals surface area contributed by atoms with Crippen LogP contribution in [0.1, 0.15) is 43.4 Å². The van der Waals surface area contributed by atoms with Gasteiger partial charge in [-0.1, -0.05) is 138 Å². The second-order valence-corrected chi connectivity index (χ2v) is 12.9. The Bertz CT molecular complexity index is 1060. The molecule has 0 spiro atoms. The standard InChI is InChI=1S/C30H33Si.3ClH.Ti/c1-6-25(5)29-17-10-18-30(29)31(26-14-7-11-22(2)19-26,27-15-8-12-23(3)20-27)28-16-9-13-24(4)21-28;;;;/h7-16,19-21,25H,6,18H2,1-5H3;3*1H;/q-1;;;;+4/p-3. The van der Waals surface area contributed by atoms with E-state index in [1.54, 1.807) is 5.20 Å². The molecule has 0 radical (unpaired) electrons. The first-order valence-electron chi connectivity index (χ1n) is 11.5. The van der Waals surface area contributed by atoms with Crippen LogP contribution in [0, 0.1) is 32.8 Å². The maximum absolute atomic E-state index is 3.71. The molecule has 0 amide bonds. The van der Waals surface area contributed by atoms with Gasteiger partial charge in [0.2, 0.25) is 0 Å². The summed E-state index contributed by atoms with van der Waals surface area (Å²) in [5.41, 5.74) is 5.43. The van der Waals surface area contributed by atoms with Gasteiger partial charge in [0.1, 0.15) is 0 Å². The van der Waals surface area contributed by atoms with Crippen molar-refractivity contribution in [3.05, 3.63) is 112 Å². The van der Waals surface area contributed by atoms with Crippen molar-refractivity contribution in [3.63, 3.8) is 0 Å². The van der Waals surface area contributed by atoms with Crippen LogP contribution in [0.4, 0.5) is 0 Å². The Morgan fingerprint density at radius 3 is 1.49 bits per heavy atom. The predicted octanol–water partition coefficient (Wildman–Crippen LogP) is -3.26. The van der Waals surface area contributed by atoms with Gasteiger partial charge in [-0.15, -0.1) is 0 Å². The summed E-state index contributed by atoms with van der Waals surface area (Å²) in [6.45, 7) is 11.3. The summed E-state index contributed by atoms with van der Waals surface area (Å²) in [7, 11) is -2.44. The third-order valence-corrected chi connectivity index (χ3v) is 11.7. The Kier molecular flexibility index (Phi) is 14.2. The molecule has 0 bridgehead atoms. The van der Waals surface area contributed by atoms with Gasteiger partial charge in [0, 0.05) is 0 Å². The molecule has 35 heavy (non-hydrogen) atoms. The average Bonchev–Trinajstić information content (AvgIpc) is 3.24. The maximum Gasteiger partial charge on any atom is 4.00 e. The minimum atomic E-state index is -2.44. The van der Waals surface area contributed by atoms with Gasteiger partial charge < -0.3 is 37.2 Å². The Morgan fingerprint density at radius 1 is 0.743 bits per heavy atom. The molecular weight excluding hydrogens is 543 g/mol. The zero-order chi connectivity index (χ0) is 22.0.